The molecule has 0 aliphatic heterocycles. The minimum Gasteiger partial charge on any atom is -0.310 e. The van der Waals surface area contributed by atoms with Crippen molar-refractivity contribution in [2.45, 2.75) is 13.8 Å². The van der Waals surface area contributed by atoms with Crippen molar-refractivity contribution < 1.29 is 0 Å². The van der Waals surface area contributed by atoms with Crippen molar-refractivity contribution in [3.8, 4) is 50.2 Å². The molecule has 0 aliphatic carbocycles. The lowest BCUT2D eigenvalue weighted by molar-refractivity contribution is 1.10. The quantitative estimate of drug-likeness (QED) is 0.133. The van der Waals surface area contributed by atoms with Crippen LogP contribution >= 0.6 is 0 Å². The standard InChI is InChI=1S/C64H48N2/c1-4-14-63-58(5-2)61-22-10-11-24-64(61)66(63)57-20-12-19-52(43-57)53-35-40-62(44(3)41-53)65(56-38-33-48(34-39-56)54-30-27-45-15-6-7-17-51(45)42-54)55-36-31-47(32-37-55)46-25-28-50(29-26-46)60-23-13-18-49-16-8-9-21-59(49)60/h4-43H,2H2,1,3H3/b14-4-. The van der Waals surface area contributed by atoms with E-state index in [0.29, 0.717) is 0 Å². The molecule has 0 unspecified atom stereocenters. The van der Waals surface area contributed by atoms with Crippen molar-refractivity contribution in [3.63, 3.8) is 0 Å². The number of aryl methyl sites for hydroxylation is 1. The summed E-state index contributed by atoms with van der Waals surface area (Å²) in [5.74, 6) is 0. The number of allylic oxidation sites excluding steroid dienone is 1. The van der Waals surface area contributed by atoms with Crippen LogP contribution in [0, 0.1) is 6.92 Å². The van der Waals surface area contributed by atoms with E-state index in [4.69, 9.17) is 0 Å². The average Bonchev–Trinajstić information content (AvgIpc) is 3.70. The van der Waals surface area contributed by atoms with Crippen LogP contribution in [0.4, 0.5) is 17.1 Å². The van der Waals surface area contributed by atoms with Gasteiger partial charge in [0, 0.05) is 33.7 Å². The van der Waals surface area contributed by atoms with Gasteiger partial charge < -0.3 is 9.47 Å². The third-order valence-electron chi connectivity index (χ3n) is 13.0. The number of fused-ring (bicyclic) bond motifs is 3. The Kier molecular flexibility index (Phi) is 10.5. The fraction of sp³-hybridized carbons (Fsp3) is 0.0312. The second-order valence-corrected chi connectivity index (χ2v) is 17.0. The van der Waals surface area contributed by atoms with Crippen molar-refractivity contribution in [2.24, 2.45) is 0 Å². The zero-order valence-corrected chi connectivity index (χ0v) is 37.2. The summed E-state index contributed by atoms with van der Waals surface area (Å²) in [6.07, 6.45) is 6.26. The molecule has 0 spiro atoms. The molecular formula is C64H48N2. The van der Waals surface area contributed by atoms with Gasteiger partial charge in [-0.25, -0.2) is 0 Å². The molecule has 2 heteroatoms. The first-order valence-electron chi connectivity index (χ1n) is 22.7. The Labute approximate surface area is 387 Å². The summed E-state index contributed by atoms with van der Waals surface area (Å²) >= 11 is 0. The molecule has 1 heterocycles. The van der Waals surface area contributed by atoms with E-state index in [9.17, 15) is 0 Å². The Morgan fingerprint density at radius 2 is 0.985 bits per heavy atom. The highest BCUT2D eigenvalue weighted by molar-refractivity contribution is 5.98. The van der Waals surface area contributed by atoms with Crippen LogP contribution in [0.25, 0.3) is 94.8 Å². The van der Waals surface area contributed by atoms with Gasteiger partial charge >= 0.3 is 0 Å². The number of hydrogen-bond acceptors (Lipinski definition) is 1. The number of benzene rings is 10. The molecule has 314 valence electrons. The smallest absolute Gasteiger partial charge is 0.0541 e. The molecule has 0 amide bonds. The minimum atomic E-state index is 1.09. The van der Waals surface area contributed by atoms with Crippen molar-refractivity contribution >= 4 is 61.7 Å². The van der Waals surface area contributed by atoms with Crippen LogP contribution in [0.15, 0.2) is 237 Å². The van der Waals surface area contributed by atoms with Crippen molar-refractivity contribution in [3.05, 3.63) is 254 Å². The lowest BCUT2D eigenvalue weighted by atomic mass is 9.96. The van der Waals surface area contributed by atoms with E-state index in [0.717, 1.165) is 45.1 Å². The van der Waals surface area contributed by atoms with Crippen molar-refractivity contribution in [1.82, 2.24) is 4.57 Å². The lowest BCUT2D eigenvalue weighted by Gasteiger charge is -2.28. The summed E-state index contributed by atoms with van der Waals surface area (Å²) in [5.41, 5.74) is 18.6. The first-order chi connectivity index (χ1) is 32.5. The Bertz CT molecular complexity index is 3600. The summed E-state index contributed by atoms with van der Waals surface area (Å²) < 4.78 is 2.35. The molecule has 0 fully saturated rings. The van der Waals surface area contributed by atoms with Gasteiger partial charge in [0.25, 0.3) is 0 Å². The van der Waals surface area contributed by atoms with Crippen LogP contribution in [0.2, 0.25) is 0 Å². The number of nitrogens with zero attached hydrogens (tertiary/aromatic N) is 2. The van der Waals surface area contributed by atoms with Gasteiger partial charge in [-0.3, -0.25) is 0 Å². The highest BCUT2D eigenvalue weighted by Crippen LogP contribution is 2.41. The third-order valence-corrected chi connectivity index (χ3v) is 13.0. The monoisotopic (exact) mass is 844 g/mol. The molecule has 11 aromatic rings. The average molecular weight is 845 g/mol. The second kappa shape index (κ2) is 17.3. The van der Waals surface area contributed by atoms with E-state index < -0.39 is 0 Å². The maximum Gasteiger partial charge on any atom is 0.0541 e. The van der Waals surface area contributed by atoms with Crippen LogP contribution in [-0.4, -0.2) is 4.57 Å². The van der Waals surface area contributed by atoms with E-state index in [1.165, 1.54) is 71.4 Å². The van der Waals surface area contributed by atoms with Crippen LogP contribution in [0.3, 0.4) is 0 Å². The fourth-order valence-electron chi connectivity index (χ4n) is 9.73. The van der Waals surface area contributed by atoms with Crippen LogP contribution < -0.4 is 4.90 Å². The van der Waals surface area contributed by atoms with E-state index in [1.54, 1.807) is 0 Å². The number of anilines is 3. The van der Waals surface area contributed by atoms with Gasteiger partial charge in [-0.2, -0.15) is 0 Å². The maximum absolute atomic E-state index is 4.19. The molecule has 0 aliphatic rings. The number of aromatic nitrogens is 1. The Morgan fingerprint density at radius 1 is 0.439 bits per heavy atom. The molecule has 0 atom stereocenters. The van der Waals surface area contributed by atoms with Gasteiger partial charge in [0.05, 0.1) is 11.2 Å². The highest BCUT2D eigenvalue weighted by atomic mass is 15.1. The molecule has 11 rings (SSSR count). The predicted octanol–water partition coefficient (Wildman–Crippen LogP) is 18.1. The molecule has 0 radical (unpaired) electrons. The zero-order valence-electron chi connectivity index (χ0n) is 37.2. The van der Waals surface area contributed by atoms with E-state index in [-0.39, 0.29) is 0 Å². The SMILES string of the molecule is C=Cc1c(/C=C\C)n(-c2cccc(-c3ccc(N(c4ccc(-c5ccc(-c6cccc7ccccc67)cc5)cc4)c4ccc(-c5ccc6ccccc6c5)cc4)c(C)c3)c2)c2ccccc12. The summed E-state index contributed by atoms with van der Waals surface area (Å²) in [6, 6.07) is 81.7. The second-order valence-electron chi connectivity index (χ2n) is 17.0. The normalized spacial score (nSPS) is 11.5. The van der Waals surface area contributed by atoms with Gasteiger partial charge in [-0.1, -0.05) is 183 Å². The fourth-order valence-corrected chi connectivity index (χ4v) is 9.73. The maximum atomic E-state index is 4.19. The minimum absolute atomic E-state index is 1.09. The lowest BCUT2D eigenvalue weighted by Crippen LogP contribution is -2.11. The largest absolute Gasteiger partial charge is 0.310 e. The molecule has 0 N–H and O–H groups in total. The molecular weight excluding hydrogens is 797 g/mol. The molecule has 1 aromatic heterocycles. The number of para-hydroxylation sites is 1. The van der Waals surface area contributed by atoms with E-state index >= 15 is 0 Å². The highest BCUT2D eigenvalue weighted by Gasteiger charge is 2.18. The van der Waals surface area contributed by atoms with Crippen LogP contribution in [-0.2, 0) is 0 Å². The van der Waals surface area contributed by atoms with E-state index in [1.807, 2.05) is 6.08 Å². The summed E-state index contributed by atoms with van der Waals surface area (Å²) in [6.45, 7) is 8.48. The molecule has 0 saturated carbocycles. The first kappa shape index (κ1) is 40.3. The summed E-state index contributed by atoms with van der Waals surface area (Å²) in [4.78, 5) is 2.39. The predicted molar refractivity (Wildman–Crippen MR) is 284 cm³/mol. The molecule has 66 heavy (non-hydrogen) atoms. The van der Waals surface area contributed by atoms with Gasteiger partial charge in [0.15, 0.2) is 0 Å². The van der Waals surface area contributed by atoms with E-state index in [2.05, 4.69) is 267 Å². The van der Waals surface area contributed by atoms with Crippen molar-refractivity contribution in [2.75, 3.05) is 4.90 Å². The zero-order chi connectivity index (χ0) is 44.6. The molecule has 0 saturated heterocycles. The van der Waals surface area contributed by atoms with Gasteiger partial charge in [0.1, 0.15) is 0 Å². The number of rotatable bonds is 10. The van der Waals surface area contributed by atoms with Gasteiger partial charge in [-0.05, 0) is 152 Å². The molecule has 10 aromatic carbocycles. The van der Waals surface area contributed by atoms with Crippen molar-refractivity contribution in [1.29, 1.82) is 0 Å². The van der Waals surface area contributed by atoms with Gasteiger partial charge in [-0.15, -0.1) is 0 Å². The Balaban J connectivity index is 0.956. The Morgan fingerprint density at radius 3 is 1.70 bits per heavy atom. The van der Waals surface area contributed by atoms with Crippen LogP contribution in [0.1, 0.15) is 23.7 Å². The van der Waals surface area contributed by atoms with Crippen LogP contribution in [0.5, 0.6) is 0 Å². The first-order valence-corrected chi connectivity index (χ1v) is 22.7. The summed E-state index contributed by atoms with van der Waals surface area (Å²) in [5, 5.41) is 6.21. The molecule has 2 nitrogen and oxygen atoms in total. The Hall–Kier alpha value is -8.46. The molecule has 0 bridgehead atoms. The van der Waals surface area contributed by atoms with Gasteiger partial charge in [0.2, 0.25) is 0 Å². The topological polar surface area (TPSA) is 8.17 Å². The third kappa shape index (κ3) is 7.39. The summed E-state index contributed by atoms with van der Waals surface area (Å²) in [7, 11) is 0. The number of hydrogen-bond donors (Lipinski definition) is 0.